The number of aromatic hydroxyl groups is 1. The first-order chi connectivity index (χ1) is 13.1. The molecule has 0 amide bonds. The van der Waals surface area contributed by atoms with E-state index in [0.717, 1.165) is 5.56 Å². The van der Waals surface area contributed by atoms with Crippen LogP contribution >= 0.6 is 34.2 Å². The molecule has 0 saturated carbocycles. The van der Waals surface area contributed by atoms with E-state index in [1.165, 1.54) is 18.3 Å². The van der Waals surface area contributed by atoms with Gasteiger partial charge in [-0.15, -0.1) is 0 Å². The average molecular weight is 521 g/mol. The predicted molar refractivity (Wildman–Crippen MR) is 114 cm³/mol. The van der Waals surface area contributed by atoms with E-state index in [1.807, 2.05) is 36.4 Å². The number of rotatable bonds is 7. The van der Waals surface area contributed by atoms with E-state index in [0.29, 0.717) is 10.1 Å². The van der Waals surface area contributed by atoms with Crippen molar-refractivity contribution < 1.29 is 19.7 Å². The molecular formula is C19H22ClIN2O5. The van der Waals surface area contributed by atoms with Crippen LogP contribution in [-0.2, 0) is 11.2 Å². The topological polar surface area (TPSA) is 102 Å². The van der Waals surface area contributed by atoms with Gasteiger partial charge in [0.2, 0.25) is 0 Å². The van der Waals surface area contributed by atoms with Gasteiger partial charge in [-0.1, -0.05) is 25.4 Å². The molecule has 2 rings (SSSR count). The Morgan fingerprint density at radius 1 is 1.46 bits per heavy atom. The Morgan fingerprint density at radius 3 is 2.75 bits per heavy atom. The summed E-state index contributed by atoms with van der Waals surface area (Å²) >= 11 is 7.89. The van der Waals surface area contributed by atoms with Gasteiger partial charge >= 0.3 is 5.97 Å². The zero-order chi connectivity index (χ0) is 21.1. The molecular weight excluding hydrogens is 499 g/mol. The number of esters is 1. The van der Waals surface area contributed by atoms with E-state index in [4.69, 9.17) is 16.3 Å². The summed E-state index contributed by atoms with van der Waals surface area (Å²) < 4.78 is 7.29. The second kappa shape index (κ2) is 9.23. The molecule has 0 bridgehead atoms. The van der Waals surface area contributed by atoms with Gasteiger partial charge in [-0.05, 0) is 47.6 Å². The summed E-state index contributed by atoms with van der Waals surface area (Å²) in [6.07, 6.45) is 3.40. The van der Waals surface area contributed by atoms with E-state index >= 15 is 0 Å². The van der Waals surface area contributed by atoms with Crippen LogP contribution in [-0.4, -0.2) is 38.9 Å². The van der Waals surface area contributed by atoms with Gasteiger partial charge in [0, 0.05) is 29.9 Å². The number of nitrogens with zero attached hydrogens (tertiary/aromatic N) is 2. The van der Waals surface area contributed by atoms with Gasteiger partial charge in [-0.25, -0.2) is 9.78 Å². The third-order valence-electron chi connectivity index (χ3n) is 4.50. The van der Waals surface area contributed by atoms with Crippen LogP contribution in [0.5, 0.6) is 5.75 Å². The van der Waals surface area contributed by atoms with E-state index in [2.05, 4.69) is 4.98 Å². The zero-order valence-electron chi connectivity index (χ0n) is 15.8. The maximum absolute atomic E-state index is 12.1. The minimum Gasteiger partial charge on any atom is -0.505 e. The Labute approximate surface area is 181 Å². The molecule has 7 nitrogen and oxygen atoms in total. The summed E-state index contributed by atoms with van der Waals surface area (Å²) in [5, 5.41) is 19.9. The lowest BCUT2D eigenvalue weighted by Gasteiger charge is -2.35. The van der Waals surface area contributed by atoms with Crippen LogP contribution in [0.2, 0.25) is 5.15 Å². The zero-order valence-corrected chi connectivity index (χ0v) is 18.7. The van der Waals surface area contributed by atoms with Gasteiger partial charge in [0.05, 0.1) is 13.2 Å². The van der Waals surface area contributed by atoms with Crippen molar-refractivity contribution in [2.75, 3.05) is 13.2 Å². The largest absolute Gasteiger partial charge is 0.505 e. The summed E-state index contributed by atoms with van der Waals surface area (Å²) in [7, 11) is 0. The molecule has 0 aliphatic carbocycles. The van der Waals surface area contributed by atoms with Crippen molar-refractivity contribution in [1.29, 1.82) is 0 Å². The summed E-state index contributed by atoms with van der Waals surface area (Å²) in [4.78, 5) is 28.3. The van der Waals surface area contributed by atoms with Crippen molar-refractivity contribution in [3.63, 3.8) is 0 Å². The monoisotopic (exact) mass is 520 g/mol. The predicted octanol–water partition coefficient (Wildman–Crippen LogP) is 3.19. The first-order valence-corrected chi connectivity index (χ1v) is 10.1. The van der Waals surface area contributed by atoms with Gasteiger partial charge in [0.1, 0.15) is 9.26 Å². The molecule has 2 aromatic heterocycles. The number of pyridine rings is 2. The van der Waals surface area contributed by atoms with Crippen molar-refractivity contribution in [1.82, 2.24) is 9.55 Å². The highest BCUT2D eigenvalue weighted by Gasteiger charge is 2.32. The van der Waals surface area contributed by atoms with Crippen LogP contribution in [0.1, 0.15) is 42.7 Å². The average Bonchev–Trinajstić information content (AvgIpc) is 2.64. The molecule has 0 aromatic carbocycles. The van der Waals surface area contributed by atoms with E-state index in [-0.39, 0.29) is 35.7 Å². The molecule has 0 aliphatic heterocycles. The van der Waals surface area contributed by atoms with Crippen molar-refractivity contribution in [2.45, 2.75) is 33.2 Å². The third-order valence-corrected chi connectivity index (χ3v) is 5.72. The highest BCUT2D eigenvalue weighted by atomic mass is 127. The smallest absolute Gasteiger partial charge is 0.343 e. The lowest BCUT2D eigenvalue weighted by molar-refractivity contribution is 0.0522. The second-order valence-corrected chi connectivity index (χ2v) is 8.39. The number of carbonyl (C=O) groups is 1. The lowest BCUT2D eigenvalue weighted by atomic mass is 9.81. The normalized spacial score (nSPS) is 12.6. The van der Waals surface area contributed by atoms with Gasteiger partial charge < -0.3 is 19.5 Å². The quantitative estimate of drug-likeness (QED) is 0.330. The SMILES string of the molecule is CCOC(=O)c1cn(C(Cc2cc(O)c(Cl)nc2I)C(C)(C)CO)ccc1=O. The Kier molecular flexibility index (Phi) is 7.46. The Bertz CT molecular complexity index is 929. The number of aliphatic hydroxyl groups is 1. The van der Waals surface area contributed by atoms with Crippen LogP contribution in [0, 0.1) is 9.12 Å². The number of aromatic nitrogens is 2. The first-order valence-electron chi connectivity index (χ1n) is 8.64. The van der Waals surface area contributed by atoms with E-state index in [1.54, 1.807) is 17.7 Å². The summed E-state index contributed by atoms with van der Waals surface area (Å²) in [5.41, 5.74) is -0.393. The van der Waals surface area contributed by atoms with Gasteiger partial charge in [-0.3, -0.25) is 4.79 Å². The maximum Gasteiger partial charge on any atom is 0.343 e. The van der Waals surface area contributed by atoms with Gasteiger partial charge in [-0.2, -0.15) is 0 Å². The fraction of sp³-hybridized carbons (Fsp3) is 0.421. The van der Waals surface area contributed by atoms with Gasteiger partial charge in [0.15, 0.2) is 16.3 Å². The van der Waals surface area contributed by atoms with Gasteiger partial charge in [0.25, 0.3) is 0 Å². The Hall–Kier alpha value is -1.65. The van der Waals surface area contributed by atoms with Crippen LogP contribution in [0.4, 0.5) is 0 Å². The summed E-state index contributed by atoms with van der Waals surface area (Å²) in [6, 6.07) is 2.49. The molecule has 28 heavy (non-hydrogen) atoms. The first kappa shape index (κ1) is 22.6. The van der Waals surface area contributed by atoms with E-state index < -0.39 is 16.8 Å². The molecule has 0 saturated heterocycles. The number of ether oxygens (including phenoxy) is 1. The maximum atomic E-state index is 12.1. The fourth-order valence-corrected chi connectivity index (χ4v) is 3.70. The Morgan fingerprint density at radius 2 is 2.14 bits per heavy atom. The minimum absolute atomic E-state index is 0.0130. The molecule has 0 fully saturated rings. The highest BCUT2D eigenvalue weighted by molar-refractivity contribution is 14.1. The van der Waals surface area contributed by atoms with Crippen LogP contribution in [0.3, 0.4) is 0 Å². The minimum atomic E-state index is -0.692. The summed E-state index contributed by atoms with van der Waals surface area (Å²) in [5.74, 6) is -0.826. The van der Waals surface area contributed by atoms with Crippen molar-refractivity contribution in [2.24, 2.45) is 5.41 Å². The van der Waals surface area contributed by atoms with Crippen LogP contribution < -0.4 is 5.43 Å². The fourth-order valence-electron chi connectivity index (χ4n) is 2.80. The molecule has 0 spiro atoms. The third kappa shape index (κ3) is 5.03. The van der Waals surface area contributed by atoms with Crippen molar-refractivity contribution in [3.8, 4) is 5.75 Å². The number of hydrogen-bond acceptors (Lipinski definition) is 6. The highest BCUT2D eigenvalue weighted by Crippen LogP contribution is 2.36. The summed E-state index contributed by atoms with van der Waals surface area (Å²) in [6.45, 7) is 5.43. The van der Waals surface area contributed by atoms with Crippen molar-refractivity contribution >= 4 is 40.2 Å². The molecule has 0 radical (unpaired) electrons. The molecule has 9 heteroatoms. The number of halogens is 2. The number of hydrogen-bond donors (Lipinski definition) is 2. The number of carbonyl (C=O) groups excluding carboxylic acids is 1. The molecule has 152 valence electrons. The molecule has 2 N–H and O–H groups in total. The van der Waals surface area contributed by atoms with Crippen LogP contribution in [0.15, 0.2) is 29.3 Å². The number of aliphatic hydroxyl groups excluding tert-OH is 1. The molecule has 1 atom stereocenters. The Balaban J connectivity index is 2.54. The molecule has 0 aliphatic rings. The second-order valence-electron chi connectivity index (χ2n) is 7.01. The molecule has 1 unspecified atom stereocenters. The molecule has 2 aromatic rings. The standard InChI is InChI=1S/C19H22ClIN2O5/c1-4-28-18(27)12-9-23(6-5-13(12)25)15(19(2,3)10-24)8-11-7-14(26)16(20)22-17(11)21/h5-7,9,15,24,26H,4,8,10H2,1-3H3. The van der Waals surface area contributed by atoms with E-state index in [9.17, 15) is 19.8 Å². The lowest BCUT2D eigenvalue weighted by Crippen LogP contribution is -2.33. The van der Waals surface area contributed by atoms with Crippen molar-refractivity contribution in [3.05, 3.63) is 54.7 Å². The van der Waals surface area contributed by atoms with Crippen LogP contribution in [0.25, 0.3) is 0 Å². The molecule has 2 heterocycles.